The molecular weight excluding hydrogens is 468 g/mol. The second-order valence-electron chi connectivity index (χ2n) is 7.38. The fourth-order valence-corrected chi connectivity index (χ4v) is 4.02. The number of carbonyl (C=O) groups is 1. The lowest BCUT2D eigenvalue weighted by molar-refractivity contribution is -0.126. The van der Waals surface area contributed by atoms with Gasteiger partial charge in [-0.1, -0.05) is 50.9 Å². The molecule has 2 heterocycles. The Hall–Kier alpha value is -2.22. The minimum absolute atomic E-state index is 0.0183. The van der Waals surface area contributed by atoms with Crippen LogP contribution in [0.5, 0.6) is 0 Å². The number of likely N-dealkylation sites (tertiary alicyclic amines) is 1. The molecule has 30 heavy (non-hydrogen) atoms. The van der Waals surface area contributed by atoms with Crippen molar-refractivity contribution in [2.45, 2.75) is 25.9 Å². The number of nitrogens with zero attached hydrogens (tertiary/aromatic N) is 3. The fourth-order valence-electron chi connectivity index (χ4n) is 3.55. The molecule has 4 rings (SSSR count). The van der Waals surface area contributed by atoms with Gasteiger partial charge in [-0.25, -0.2) is 0 Å². The van der Waals surface area contributed by atoms with Crippen LogP contribution in [0.15, 0.2) is 57.5 Å². The maximum Gasteiger partial charge on any atom is 0.241 e. The van der Waals surface area contributed by atoms with Gasteiger partial charge in [-0.3, -0.25) is 9.69 Å². The smallest absolute Gasteiger partial charge is 0.241 e. The van der Waals surface area contributed by atoms with Crippen LogP contribution in [0.2, 0.25) is 5.02 Å². The quantitative estimate of drug-likeness (QED) is 0.544. The summed E-state index contributed by atoms with van der Waals surface area (Å²) in [5.74, 6) is 1.29. The van der Waals surface area contributed by atoms with Crippen LogP contribution in [0.25, 0.3) is 11.4 Å². The summed E-state index contributed by atoms with van der Waals surface area (Å²) in [7, 11) is 0. The third-order valence-corrected chi connectivity index (χ3v) is 6.20. The largest absolute Gasteiger partial charge is 0.352 e. The van der Waals surface area contributed by atoms with E-state index in [4.69, 9.17) is 16.1 Å². The molecule has 1 fully saturated rings. The van der Waals surface area contributed by atoms with Crippen LogP contribution in [0.3, 0.4) is 0 Å². The van der Waals surface area contributed by atoms with Crippen LogP contribution in [0.1, 0.15) is 24.3 Å². The second kappa shape index (κ2) is 9.73. The summed E-state index contributed by atoms with van der Waals surface area (Å²) in [4.78, 5) is 19.3. The zero-order valence-corrected chi connectivity index (χ0v) is 18.7. The lowest BCUT2D eigenvalue weighted by Crippen LogP contribution is -2.40. The minimum Gasteiger partial charge on any atom is -0.352 e. The van der Waals surface area contributed by atoms with Crippen LogP contribution < -0.4 is 5.32 Å². The highest BCUT2D eigenvalue weighted by atomic mass is 79.9. The van der Waals surface area contributed by atoms with Crippen molar-refractivity contribution >= 4 is 33.4 Å². The Morgan fingerprint density at radius 1 is 1.17 bits per heavy atom. The molecule has 0 radical (unpaired) electrons. The number of nitrogens with one attached hydrogen (secondary N) is 1. The molecule has 8 heteroatoms. The van der Waals surface area contributed by atoms with Crippen molar-refractivity contribution in [1.29, 1.82) is 0 Å². The van der Waals surface area contributed by atoms with Gasteiger partial charge in [-0.15, -0.1) is 0 Å². The van der Waals surface area contributed by atoms with Gasteiger partial charge in [-0.05, 0) is 61.8 Å². The van der Waals surface area contributed by atoms with Crippen molar-refractivity contribution in [3.8, 4) is 11.4 Å². The highest BCUT2D eigenvalue weighted by molar-refractivity contribution is 9.10. The molecule has 0 aliphatic carbocycles. The topological polar surface area (TPSA) is 71.3 Å². The number of aromatic nitrogens is 2. The van der Waals surface area contributed by atoms with E-state index < -0.39 is 0 Å². The average Bonchev–Trinajstić information content (AvgIpc) is 3.22. The van der Waals surface area contributed by atoms with E-state index in [9.17, 15) is 4.79 Å². The molecule has 6 nitrogen and oxygen atoms in total. The summed E-state index contributed by atoms with van der Waals surface area (Å²) in [6.07, 6.45) is 1.62. The first-order valence-electron chi connectivity index (χ1n) is 9.90. The predicted octanol–water partition coefficient (Wildman–Crippen LogP) is 4.68. The molecule has 0 unspecified atom stereocenters. The lowest BCUT2D eigenvalue weighted by Gasteiger charge is -2.30. The van der Waals surface area contributed by atoms with E-state index in [-0.39, 0.29) is 11.8 Å². The van der Waals surface area contributed by atoms with Crippen molar-refractivity contribution in [1.82, 2.24) is 20.4 Å². The van der Waals surface area contributed by atoms with Crippen molar-refractivity contribution in [3.05, 3.63) is 69.5 Å². The third kappa shape index (κ3) is 5.28. The summed E-state index contributed by atoms with van der Waals surface area (Å²) in [5.41, 5.74) is 1.85. The first-order valence-corrected chi connectivity index (χ1v) is 11.1. The zero-order valence-electron chi connectivity index (χ0n) is 16.4. The molecule has 0 bridgehead atoms. The molecule has 156 valence electrons. The number of benzene rings is 2. The normalized spacial score (nSPS) is 15.3. The Morgan fingerprint density at radius 3 is 2.63 bits per heavy atom. The molecule has 2 aromatic carbocycles. The molecular formula is C22H22BrClN4O2. The summed E-state index contributed by atoms with van der Waals surface area (Å²) in [6, 6.07) is 15.4. The van der Waals surface area contributed by atoms with E-state index >= 15 is 0 Å². The maximum atomic E-state index is 12.5. The molecule has 1 aromatic heterocycles. The number of rotatable bonds is 6. The maximum absolute atomic E-state index is 12.5. The Labute approximate surface area is 188 Å². The van der Waals surface area contributed by atoms with Gasteiger partial charge >= 0.3 is 0 Å². The van der Waals surface area contributed by atoms with Crippen LogP contribution in [0.4, 0.5) is 0 Å². The van der Waals surface area contributed by atoms with Gasteiger partial charge in [0.1, 0.15) is 0 Å². The molecule has 1 amide bonds. The third-order valence-electron chi connectivity index (χ3n) is 5.30. The number of amides is 1. The van der Waals surface area contributed by atoms with E-state index in [0.29, 0.717) is 29.8 Å². The molecule has 3 aromatic rings. The zero-order chi connectivity index (χ0) is 20.9. The summed E-state index contributed by atoms with van der Waals surface area (Å²) in [5, 5.41) is 7.77. The van der Waals surface area contributed by atoms with Gasteiger partial charge in [-0.2, -0.15) is 4.98 Å². The van der Waals surface area contributed by atoms with Gasteiger partial charge in [0, 0.05) is 27.5 Å². The Morgan fingerprint density at radius 2 is 1.90 bits per heavy atom. The Balaban J connectivity index is 1.25. The number of carbonyl (C=O) groups excluding carboxylic acids is 1. The van der Waals surface area contributed by atoms with E-state index in [0.717, 1.165) is 41.5 Å². The molecule has 1 aliphatic heterocycles. The standard InChI is InChI=1S/C22H22BrClN4O2/c23-18-7-5-15(6-8-18)21-26-20(30-27-21)14-28-11-9-16(10-12-28)22(29)25-13-17-3-1-2-4-19(17)24/h1-8,16H,9-14H2,(H,25,29). The fraction of sp³-hybridized carbons (Fsp3) is 0.318. The van der Waals surface area contributed by atoms with Crippen LogP contribution in [0, 0.1) is 5.92 Å². The molecule has 1 aliphatic rings. The molecule has 0 saturated carbocycles. The highest BCUT2D eigenvalue weighted by Crippen LogP contribution is 2.22. The van der Waals surface area contributed by atoms with Gasteiger partial charge < -0.3 is 9.84 Å². The van der Waals surface area contributed by atoms with Crippen molar-refractivity contribution in [3.63, 3.8) is 0 Å². The highest BCUT2D eigenvalue weighted by Gasteiger charge is 2.26. The number of hydrogen-bond acceptors (Lipinski definition) is 5. The van der Waals surface area contributed by atoms with Crippen LogP contribution >= 0.6 is 27.5 Å². The van der Waals surface area contributed by atoms with Gasteiger partial charge in [0.05, 0.1) is 6.54 Å². The molecule has 1 saturated heterocycles. The number of hydrogen-bond donors (Lipinski definition) is 1. The summed E-state index contributed by atoms with van der Waals surface area (Å²) >= 11 is 9.58. The average molecular weight is 490 g/mol. The van der Waals surface area contributed by atoms with Gasteiger partial charge in [0.15, 0.2) is 0 Å². The van der Waals surface area contributed by atoms with E-state index in [1.54, 1.807) is 0 Å². The Bertz CT molecular complexity index is 1000. The van der Waals surface area contributed by atoms with Crippen LogP contribution in [-0.2, 0) is 17.9 Å². The first-order chi connectivity index (χ1) is 14.6. The molecule has 1 N–H and O–H groups in total. The van der Waals surface area contributed by atoms with E-state index in [1.165, 1.54) is 0 Å². The second-order valence-corrected chi connectivity index (χ2v) is 8.70. The minimum atomic E-state index is 0.0183. The van der Waals surface area contributed by atoms with Crippen molar-refractivity contribution in [2.75, 3.05) is 13.1 Å². The molecule has 0 spiro atoms. The van der Waals surface area contributed by atoms with Gasteiger partial charge in [0.2, 0.25) is 17.6 Å². The SMILES string of the molecule is O=C(NCc1ccccc1Cl)C1CCN(Cc2nc(-c3ccc(Br)cc3)no2)CC1. The van der Waals surface area contributed by atoms with E-state index in [2.05, 4.69) is 36.3 Å². The predicted molar refractivity (Wildman–Crippen MR) is 119 cm³/mol. The van der Waals surface area contributed by atoms with E-state index in [1.807, 2.05) is 48.5 Å². The van der Waals surface area contributed by atoms with Crippen molar-refractivity contribution < 1.29 is 9.32 Å². The number of piperidine rings is 1. The number of halogens is 2. The summed E-state index contributed by atoms with van der Waals surface area (Å²) in [6.45, 7) is 2.69. The van der Waals surface area contributed by atoms with Crippen LogP contribution in [-0.4, -0.2) is 34.0 Å². The lowest BCUT2D eigenvalue weighted by atomic mass is 9.96. The van der Waals surface area contributed by atoms with Crippen molar-refractivity contribution in [2.24, 2.45) is 5.92 Å². The summed E-state index contributed by atoms with van der Waals surface area (Å²) < 4.78 is 6.43. The first kappa shape index (κ1) is 21.0. The Kier molecular flexibility index (Phi) is 6.82. The molecule has 0 atom stereocenters. The monoisotopic (exact) mass is 488 g/mol. The van der Waals surface area contributed by atoms with Gasteiger partial charge in [0.25, 0.3) is 0 Å².